The monoisotopic (exact) mass is 390 g/mol. The van der Waals surface area contributed by atoms with E-state index in [4.69, 9.17) is 11.6 Å². The van der Waals surface area contributed by atoms with Crippen molar-refractivity contribution < 1.29 is 5.11 Å². The van der Waals surface area contributed by atoms with E-state index in [0.717, 1.165) is 36.2 Å². The average Bonchev–Trinajstić information content (AvgIpc) is 2.35. The van der Waals surface area contributed by atoms with Crippen LogP contribution in [0.1, 0.15) is 18.5 Å². The zero-order valence-corrected chi connectivity index (χ0v) is 14.5. The highest BCUT2D eigenvalue weighted by Crippen LogP contribution is 2.39. The number of benzene rings is 1. The predicted octanol–water partition coefficient (Wildman–Crippen LogP) is 3.62. The standard InChI is InChI=1S/C12H16BrClN2O.2ClH/c1-8(16-6-4-15-5-7-16)11-9(13)2-3-10(14)12(11)17;;/h2-3,8,15,17H,4-7H2,1H3;2*1H/t8-;;/m1../s1. The lowest BCUT2D eigenvalue weighted by atomic mass is 10.0. The Morgan fingerprint density at radius 1 is 1.32 bits per heavy atom. The lowest BCUT2D eigenvalue weighted by molar-refractivity contribution is 0.182. The summed E-state index contributed by atoms with van der Waals surface area (Å²) in [5.74, 6) is 0.187. The summed E-state index contributed by atoms with van der Waals surface area (Å²) in [5, 5.41) is 13.8. The first-order valence-corrected chi connectivity index (χ1v) is 6.90. The first-order chi connectivity index (χ1) is 8.11. The van der Waals surface area contributed by atoms with E-state index in [1.165, 1.54) is 0 Å². The molecule has 3 nitrogen and oxygen atoms in total. The number of piperazine rings is 1. The zero-order chi connectivity index (χ0) is 12.4. The molecule has 19 heavy (non-hydrogen) atoms. The molecule has 1 aliphatic heterocycles. The molecular formula is C12H18BrCl3N2O. The Labute approximate surface area is 139 Å². The third-order valence-electron chi connectivity index (χ3n) is 3.23. The van der Waals surface area contributed by atoms with Crippen LogP contribution < -0.4 is 5.32 Å². The van der Waals surface area contributed by atoms with E-state index in [-0.39, 0.29) is 36.6 Å². The minimum Gasteiger partial charge on any atom is -0.506 e. The Morgan fingerprint density at radius 2 is 1.89 bits per heavy atom. The summed E-state index contributed by atoms with van der Waals surface area (Å²) < 4.78 is 0.908. The normalized spacial score (nSPS) is 17.2. The van der Waals surface area contributed by atoms with Crippen LogP contribution in [0.25, 0.3) is 0 Å². The summed E-state index contributed by atoms with van der Waals surface area (Å²) >= 11 is 9.45. The van der Waals surface area contributed by atoms with E-state index in [0.29, 0.717) is 5.02 Å². The van der Waals surface area contributed by atoms with Crippen molar-refractivity contribution in [3.05, 3.63) is 27.2 Å². The van der Waals surface area contributed by atoms with E-state index >= 15 is 0 Å². The van der Waals surface area contributed by atoms with Crippen molar-refractivity contribution in [2.24, 2.45) is 0 Å². The number of rotatable bonds is 2. The molecule has 110 valence electrons. The van der Waals surface area contributed by atoms with Crippen LogP contribution in [0, 0.1) is 0 Å². The predicted molar refractivity (Wildman–Crippen MR) is 88.2 cm³/mol. The fourth-order valence-corrected chi connectivity index (χ4v) is 3.02. The summed E-state index contributed by atoms with van der Waals surface area (Å²) in [4.78, 5) is 2.34. The van der Waals surface area contributed by atoms with E-state index < -0.39 is 0 Å². The average molecular weight is 393 g/mol. The minimum atomic E-state index is 0. The van der Waals surface area contributed by atoms with Gasteiger partial charge in [-0.1, -0.05) is 27.5 Å². The molecule has 0 aromatic heterocycles. The molecule has 0 radical (unpaired) electrons. The number of nitrogens with zero attached hydrogens (tertiary/aromatic N) is 1. The summed E-state index contributed by atoms with van der Waals surface area (Å²) in [6.45, 7) is 6.05. The van der Waals surface area contributed by atoms with Crippen molar-refractivity contribution in [2.45, 2.75) is 13.0 Å². The molecule has 1 aromatic rings. The molecule has 0 unspecified atom stereocenters. The topological polar surface area (TPSA) is 35.5 Å². The van der Waals surface area contributed by atoms with Crippen LogP contribution in [-0.4, -0.2) is 36.2 Å². The van der Waals surface area contributed by atoms with Gasteiger partial charge in [-0.3, -0.25) is 4.90 Å². The molecule has 1 aromatic carbocycles. The second kappa shape index (κ2) is 8.55. The van der Waals surface area contributed by atoms with E-state index in [9.17, 15) is 5.11 Å². The number of halogens is 4. The highest BCUT2D eigenvalue weighted by molar-refractivity contribution is 9.10. The molecule has 2 N–H and O–H groups in total. The first kappa shape index (κ1) is 19.3. The summed E-state index contributed by atoms with van der Waals surface area (Å²) in [7, 11) is 0. The van der Waals surface area contributed by atoms with Crippen molar-refractivity contribution in [3.63, 3.8) is 0 Å². The van der Waals surface area contributed by atoms with Crippen molar-refractivity contribution in [1.82, 2.24) is 10.2 Å². The van der Waals surface area contributed by atoms with Gasteiger partial charge in [-0.25, -0.2) is 0 Å². The molecule has 0 bridgehead atoms. The van der Waals surface area contributed by atoms with Crippen LogP contribution in [0.3, 0.4) is 0 Å². The van der Waals surface area contributed by atoms with Gasteiger partial charge in [0, 0.05) is 42.3 Å². The van der Waals surface area contributed by atoms with Gasteiger partial charge in [-0.15, -0.1) is 24.8 Å². The fraction of sp³-hybridized carbons (Fsp3) is 0.500. The molecule has 0 saturated carbocycles. The van der Waals surface area contributed by atoms with Crippen LogP contribution in [0.2, 0.25) is 5.02 Å². The van der Waals surface area contributed by atoms with Gasteiger partial charge in [0.15, 0.2) is 0 Å². The number of phenols is 1. The van der Waals surface area contributed by atoms with Gasteiger partial charge in [0.25, 0.3) is 0 Å². The van der Waals surface area contributed by atoms with Gasteiger partial charge in [0.2, 0.25) is 0 Å². The molecule has 1 saturated heterocycles. The lowest BCUT2D eigenvalue weighted by Gasteiger charge is -2.33. The highest BCUT2D eigenvalue weighted by Gasteiger charge is 2.23. The quantitative estimate of drug-likeness (QED) is 0.807. The van der Waals surface area contributed by atoms with Crippen molar-refractivity contribution in [3.8, 4) is 5.75 Å². The Hall–Kier alpha value is 0.290. The van der Waals surface area contributed by atoms with Gasteiger partial charge in [0.1, 0.15) is 5.75 Å². The molecule has 1 aliphatic rings. The molecule has 2 rings (SSSR count). The second-order valence-corrected chi connectivity index (χ2v) is 5.51. The zero-order valence-electron chi connectivity index (χ0n) is 10.5. The smallest absolute Gasteiger partial charge is 0.140 e. The van der Waals surface area contributed by atoms with E-state index in [1.807, 2.05) is 6.07 Å². The maximum absolute atomic E-state index is 10.1. The maximum atomic E-state index is 10.1. The Bertz CT molecular complexity index is 414. The lowest BCUT2D eigenvalue weighted by Crippen LogP contribution is -2.44. The number of hydrogen-bond acceptors (Lipinski definition) is 3. The third kappa shape index (κ3) is 4.38. The highest BCUT2D eigenvalue weighted by atomic mass is 79.9. The number of nitrogens with one attached hydrogen (secondary N) is 1. The second-order valence-electron chi connectivity index (χ2n) is 4.25. The van der Waals surface area contributed by atoms with Crippen LogP contribution >= 0.6 is 52.3 Å². The molecule has 1 atom stereocenters. The van der Waals surface area contributed by atoms with Gasteiger partial charge in [-0.05, 0) is 19.1 Å². The van der Waals surface area contributed by atoms with Crippen LogP contribution in [0.5, 0.6) is 5.75 Å². The molecule has 0 spiro atoms. The number of hydrogen-bond donors (Lipinski definition) is 2. The van der Waals surface area contributed by atoms with Gasteiger partial charge >= 0.3 is 0 Å². The Morgan fingerprint density at radius 3 is 2.47 bits per heavy atom. The number of phenolic OH excluding ortho intramolecular Hbond substituents is 1. The molecule has 1 fully saturated rings. The van der Waals surface area contributed by atoms with E-state index in [1.54, 1.807) is 6.07 Å². The summed E-state index contributed by atoms with van der Waals surface area (Å²) in [6.07, 6.45) is 0. The van der Waals surface area contributed by atoms with Gasteiger partial charge in [0.05, 0.1) is 5.02 Å². The van der Waals surface area contributed by atoms with Crippen molar-refractivity contribution in [1.29, 1.82) is 0 Å². The Balaban J connectivity index is 0.00000162. The number of aromatic hydroxyl groups is 1. The largest absolute Gasteiger partial charge is 0.506 e. The molecular weight excluding hydrogens is 374 g/mol. The summed E-state index contributed by atoms with van der Waals surface area (Å²) in [6, 6.07) is 3.75. The SMILES string of the molecule is C[C@H](c1c(Br)ccc(Cl)c1O)N1CCNCC1.Cl.Cl. The molecule has 1 heterocycles. The molecule has 0 amide bonds. The minimum absolute atomic E-state index is 0. The molecule has 0 aliphatic carbocycles. The van der Waals surface area contributed by atoms with Crippen LogP contribution in [-0.2, 0) is 0 Å². The van der Waals surface area contributed by atoms with Gasteiger partial charge < -0.3 is 10.4 Å². The summed E-state index contributed by atoms with van der Waals surface area (Å²) in [5.41, 5.74) is 0.874. The van der Waals surface area contributed by atoms with Crippen molar-refractivity contribution >= 4 is 52.3 Å². The van der Waals surface area contributed by atoms with Crippen LogP contribution in [0.4, 0.5) is 0 Å². The van der Waals surface area contributed by atoms with Crippen LogP contribution in [0.15, 0.2) is 16.6 Å². The fourth-order valence-electron chi connectivity index (χ4n) is 2.21. The van der Waals surface area contributed by atoms with E-state index in [2.05, 4.69) is 33.1 Å². The first-order valence-electron chi connectivity index (χ1n) is 5.73. The maximum Gasteiger partial charge on any atom is 0.140 e. The third-order valence-corrected chi connectivity index (χ3v) is 4.23. The Kier molecular flexibility index (Phi) is 8.68. The van der Waals surface area contributed by atoms with Crippen molar-refractivity contribution in [2.75, 3.05) is 26.2 Å². The van der Waals surface area contributed by atoms with Gasteiger partial charge in [-0.2, -0.15) is 0 Å². The molecule has 7 heteroatoms.